The van der Waals surface area contributed by atoms with E-state index in [1.165, 1.54) is 0 Å². The Hall–Kier alpha value is -0.850. The fourth-order valence-electron chi connectivity index (χ4n) is 2.64. The summed E-state index contributed by atoms with van der Waals surface area (Å²) in [6, 6.07) is 7.67. The molecular weight excluding hydrogens is 284 g/mol. The van der Waals surface area contributed by atoms with Crippen molar-refractivity contribution in [3.05, 3.63) is 29.8 Å². The molecule has 1 aliphatic heterocycles. The van der Waals surface area contributed by atoms with Crippen LogP contribution in [0.3, 0.4) is 0 Å². The van der Waals surface area contributed by atoms with Crippen molar-refractivity contribution in [3.63, 3.8) is 0 Å². The molecule has 0 bridgehead atoms. The van der Waals surface area contributed by atoms with Gasteiger partial charge in [0.25, 0.3) is 5.92 Å². The standard InChI is InChI=1S/C14H19F2NO2S/c15-14(16)10-12(14)8-11-2-1-3-13(9-11)17-4-6-20(18,19)7-5-17/h1-3,9,12,18-19H,4-8,10H2. The molecule has 6 heteroatoms. The molecule has 1 aromatic carbocycles. The quantitative estimate of drug-likeness (QED) is 0.899. The molecule has 3 rings (SSSR count). The molecule has 1 saturated carbocycles. The van der Waals surface area contributed by atoms with Crippen LogP contribution >= 0.6 is 10.6 Å². The maximum Gasteiger partial charge on any atom is 0.251 e. The van der Waals surface area contributed by atoms with E-state index in [1.807, 2.05) is 24.3 Å². The molecule has 1 heterocycles. The highest BCUT2D eigenvalue weighted by atomic mass is 32.3. The van der Waals surface area contributed by atoms with Gasteiger partial charge in [-0.25, -0.2) is 8.78 Å². The zero-order valence-corrected chi connectivity index (χ0v) is 12.0. The third-order valence-corrected chi connectivity index (χ3v) is 5.76. The number of hydrogen-bond acceptors (Lipinski definition) is 3. The molecule has 2 fully saturated rings. The van der Waals surface area contributed by atoms with Crippen LogP contribution in [0.4, 0.5) is 14.5 Å². The predicted molar refractivity (Wildman–Crippen MR) is 78.0 cm³/mol. The van der Waals surface area contributed by atoms with Crippen molar-refractivity contribution in [2.24, 2.45) is 5.92 Å². The Morgan fingerprint density at radius 2 is 1.90 bits per heavy atom. The molecule has 2 N–H and O–H groups in total. The Balaban J connectivity index is 1.66. The second-order valence-electron chi connectivity index (χ2n) is 5.73. The number of rotatable bonds is 3. The number of hydrogen-bond donors (Lipinski definition) is 2. The first-order valence-electron chi connectivity index (χ1n) is 6.81. The summed E-state index contributed by atoms with van der Waals surface area (Å²) >= 11 is 0. The highest BCUT2D eigenvalue weighted by Crippen LogP contribution is 2.50. The normalized spacial score (nSPS) is 29.0. The van der Waals surface area contributed by atoms with Crippen LogP contribution < -0.4 is 4.90 Å². The summed E-state index contributed by atoms with van der Waals surface area (Å²) in [6.07, 6.45) is 0.422. The Morgan fingerprint density at radius 1 is 1.25 bits per heavy atom. The van der Waals surface area contributed by atoms with E-state index in [9.17, 15) is 17.9 Å². The van der Waals surface area contributed by atoms with E-state index >= 15 is 0 Å². The van der Waals surface area contributed by atoms with Crippen molar-refractivity contribution < 1.29 is 17.9 Å². The topological polar surface area (TPSA) is 43.7 Å². The van der Waals surface area contributed by atoms with Gasteiger partial charge < -0.3 is 4.90 Å². The van der Waals surface area contributed by atoms with Gasteiger partial charge in [-0.1, -0.05) is 12.1 Å². The minimum Gasteiger partial charge on any atom is -0.368 e. The van der Waals surface area contributed by atoms with E-state index in [-0.39, 0.29) is 6.42 Å². The van der Waals surface area contributed by atoms with E-state index in [1.54, 1.807) is 0 Å². The number of nitrogens with zero attached hydrogens (tertiary/aromatic N) is 1. The summed E-state index contributed by atoms with van der Waals surface area (Å²) in [6.45, 7) is 1.21. The molecule has 1 saturated heterocycles. The molecule has 0 radical (unpaired) electrons. The molecule has 0 aromatic heterocycles. The van der Waals surface area contributed by atoms with Crippen LogP contribution in [-0.2, 0) is 6.42 Å². The SMILES string of the molecule is OS1(O)CCN(c2cccc(CC3CC3(F)F)c2)CC1. The first-order valence-corrected chi connectivity index (χ1v) is 8.70. The lowest BCUT2D eigenvalue weighted by Crippen LogP contribution is -2.38. The molecule has 1 aromatic rings. The molecule has 112 valence electrons. The molecular formula is C14H19F2NO2S. The smallest absolute Gasteiger partial charge is 0.251 e. The summed E-state index contributed by atoms with van der Waals surface area (Å²) < 4.78 is 45.1. The van der Waals surface area contributed by atoms with Crippen LogP contribution in [-0.4, -0.2) is 39.6 Å². The first-order chi connectivity index (χ1) is 9.36. The van der Waals surface area contributed by atoms with Crippen molar-refractivity contribution in [1.29, 1.82) is 0 Å². The van der Waals surface area contributed by atoms with Gasteiger partial charge in [0.15, 0.2) is 0 Å². The fourth-order valence-corrected chi connectivity index (χ4v) is 3.87. The van der Waals surface area contributed by atoms with Crippen LogP contribution in [0.5, 0.6) is 0 Å². The van der Waals surface area contributed by atoms with E-state index in [2.05, 4.69) is 4.90 Å². The second-order valence-corrected chi connectivity index (χ2v) is 8.15. The van der Waals surface area contributed by atoms with Gasteiger partial charge in [0.2, 0.25) is 0 Å². The summed E-state index contributed by atoms with van der Waals surface area (Å²) in [5.41, 5.74) is 1.92. The van der Waals surface area contributed by atoms with Crippen molar-refractivity contribution in [2.75, 3.05) is 29.5 Å². The van der Waals surface area contributed by atoms with Crippen LogP contribution in [0.25, 0.3) is 0 Å². The highest BCUT2D eigenvalue weighted by molar-refractivity contribution is 8.24. The van der Waals surface area contributed by atoms with Gasteiger partial charge in [-0.3, -0.25) is 9.11 Å². The van der Waals surface area contributed by atoms with Gasteiger partial charge in [-0.15, -0.1) is 0 Å². The monoisotopic (exact) mass is 303 g/mol. The Bertz CT molecular complexity index is 500. The lowest BCUT2D eigenvalue weighted by molar-refractivity contribution is 0.0989. The average Bonchev–Trinajstić information content (AvgIpc) is 2.96. The highest BCUT2D eigenvalue weighted by Gasteiger charge is 2.56. The maximum atomic E-state index is 13.0. The lowest BCUT2D eigenvalue weighted by atomic mass is 10.1. The summed E-state index contributed by atoms with van der Waals surface area (Å²) in [4.78, 5) is 2.09. The largest absolute Gasteiger partial charge is 0.368 e. The Labute approximate surface area is 118 Å². The second kappa shape index (κ2) is 4.86. The van der Waals surface area contributed by atoms with Crippen LogP contribution in [0.1, 0.15) is 12.0 Å². The maximum absolute atomic E-state index is 13.0. The molecule has 20 heavy (non-hydrogen) atoms. The van der Waals surface area contributed by atoms with Gasteiger partial charge in [0, 0.05) is 31.1 Å². The lowest BCUT2D eigenvalue weighted by Gasteiger charge is -2.42. The summed E-state index contributed by atoms with van der Waals surface area (Å²) in [5, 5.41) is 0. The summed E-state index contributed by atoms with van der Waals surface area (Å²) in [7, 11) is -2.40. The van der Waals surface area contributed by atoms with Crippen molar-refractivity contribution >= 4 is 16.3 Å². The minimum atomic E-state index is -2.47. The van der Waals surface area contributed by atoms with E-state index in [0.717, 1.165) is 11.3 Å². The molecule has 0 spiro atoms. The molecule has 0 amide bonds. The van der Waals surface area contributed by atoms with Crippen LogP contribution in [0.2, 0.25) is 0 Å². The number of alkyl halides is 2. The Kier molecular flexibility index (Phi) is 3.43. The average molecular weight is 303 g/mol. The van der Waals surface area contributed by atoms with Crippen molar-refractivity contribution in [3.8, 4) is 0 Å². The first kappa shape index (κ1) is 14.1. The van der Waals surface area contributed by atoms with E-state index in [4.69, 9.17) is 0 Å². The minimum absolute atomic E-state index is 0.00183. The third kappa shape index (κ3) is 3.07. The number of anilines is 1. The van der Waals surface area contributed by atoms with Gasteiger partial charge >= 0.3 is 0 Å². The zero-order chi connectivity index (χ0) is 14.4. The van der Waals surface area contributed by atoms with Crippen LogP contribution in [0, 0.1) is 5.92 Å². The van der Waals surface area contributed by atoms with Crippen molar-refractivity contribution in [2.45, 2.75) is 18.8 Å². The van der Waals surface area contributed by atoms with Crippen molar-refractivity contribution in [1.82, 2.24) is 0 Å². The molecule has 2 aliphatic rings. The number of halogens is 2. The van der Waals surface area contributed by atoms with Gasteiger partial charge in [-0.2, -0.15) is 10.6 Å². The third-order valence-electron chi connectivity index (χ3n) is 4.09. The van der Waals surface area contributed by atoms with Crippen LogP contribution in [0.15, 0.2) is 24.3 Å². The molecule has 1 unspecified atom stereocenters. The Morgan fingerprint density at radius 3 is 2.50 bits per heavy atom. The zero-order valence-electron chi connectivity index (χ0n) is 11.1. The fraction of sp³-hybridized carbons (Fsp3) is 0.571. The predicted octanol–water partition coefficient (Wildman–Crippen LogP) is 3.45. The molecule has 1 aliphatic carbocycles. The molecule has 3 nitrogen and oxygen atoms in total. The number of benzene rings is 1. The van der Waals surface area contributed by atoms with E-state index < -0.39 is 22.4 Å². The van der Waals surface area contributed by atoms with Gasteiger partial charge in [-0.05, 0) is 24.1 Å². The molecule has 1 atom stereocenters. The summed E-state index contributed by atoms with van der Waals surface area (Å²) in [5.74, 6) is -2.21. The van der Waals surface area contributed by atoms with Gasteiger partial charge in [0.05, 0.1) is 11.5 Å². The van der Waals surface area contributed by atoms with Gasteiger partial charge in [0.1, 0.15) is 0 Å². The van der Waals surface area contributed by atoms with E-state index in [0.29, 0.717) is 31.0 Å².